The van der Waals surface area contributed by atoms with Crippen molar-refractivity contribution < 1.29 is 0 Å². The van der Waals surface area contributed by atoms with E-state index in [0.29, 0.717) is 0 Å². The standard InChI is InChI=1S/C14H21N/c1-2-3-15-14-12-8-4-6-7-5-9(10(6)12)13(14)11(7)8/h6-15H,2-5H2,1H3/t6-,7+,8-,9-,10+,11+,12-,13-,14?/m0/s1. The van der Waals surface area contributed by atoms with E-state index in [1.165, 1.54) is 48.5 Å². The first kappa shape index (κ1) is 8.11. The monoisotopic (exact) mass is 203 g/mol. The summed E-state index contributed by atoms with van der Waals surface area (Å²) in [6.45, 7) is 3.57. The summed E-state index contributed by atoms with van der Waals surface area (Å²) in [6, 6.07) is 0.965. The molecule has 9 atom stereocenters. The smallest absolute Gasteiger partial charge is 0.0135 e. The summed E-state index contributed by atoms with van der Waals surface area (Å²) < 4.78 is 0. The highest BCUT2D eigenvalue weighted by Gasteiger charge is 2.79. The molecule has 15 heavy (non-hydrogen) atoms. The Morgan fingerprint density at radius 2 is 1.47 bits per heavy atom. The molecule has 0 heterocycles. The van der Waals surface area contributed by atoms with Gasteiger partial charge in [0.25, 0.3) is 0 Å². The van der Waals surface area contributed by atoms with E-state index in [1.807, 2.05) is 0 Å². The lowest BCUT2D eigenvalue weighted by Crippen LogP contribution is -2.35. The van der Waals surface area contributed by atoms with Crippen LogP contribution in [-0.2, 0) is 0 Å². The molecule has 0 aromatic heterocycles. The Kier molecular flexibility index (Phi) is 1.24. The fourth-order valence-corrected chi connectivity index (χ4v) is 7.20. The van der Waals surface area contributed by atoms with E-state index in [2.05, 4.69) is 12.2 Å². The van der Waals surface area contributed by atoms with Crippen LogP contribution in [0.15, 0.2) is 0 Å². The van der Waals surface area contributed by atoms with Crippen LogP contribution in [0.4, 0.5) is 0 Å². The van der Waals surface area contributed by atoms with Crippen LogP contribution < -0.4 is 5.32 Å². The van der Waals surface area contributed by atoms with Gasteiger partial charge in [-0.15, -0.1) is 0 Å². The molecule has 0 aliphatic heterocycles. The molecule has 6 bridgehead atoms. The zero-order chi connectivity index (χ0) is 9.73. The molecule has 1 heteroatoms. The van der Waals surface area contributed by atoms with Gasteiger partial charge in [-0.3, -0.25) is 0 Å². The van der Waals surface area contributed by atoms with Crippen molar-refractivity contribution in [2.75, 3.05) is 6.54 Å². The average Bonchev–Trinajstić information content (AvgIpc) is 2.91. The summed E-state index contributed by atoms with van der Waals surface area (Å²) in [5, 5.41) is 3.91. The lowest BCUT2D eigenvalue weighted by atomic mass is 9.71. The van der Waals surface area contributed by atoms with Crippen molar-refractivity contribution in [2.45, 2.75) is 32.2 Å². The molecule has 0 radical (unpaired) electrons. The van der Waals surface area contributed by atoms with Crippen molar-refractivity contribution in [3.8, 4) is 0 Å². The fraction of sp³-hybridized carbons (Fsp3) is 1.00. The summed E-state index contributed by atoms with van der Waals surface area (Å²) in [6.07, 6.45) is 4.59. The first-order chi connectivity index (χ1) is 7.42. The van der Waals surface area contributed by atoms with Gasteiger partial charge in [0, 0.05) is 6.04 Å². The number of rotatable bonds is 3. The summed E-state index contributed by atoms with van der Waals surface area (Å²) in [7, 11) is 0. The number of nitrogens with one attached hydrogen (secondary N) is 1. The Hall–Kier alpha value is -0.0400. The molecule has 6 rings (SSSR count). The quantitative estimate of drug-likeness (QED) is 0.741. The van der Waals surface area contributed by atoms with Crippen molar-refractivity contribution in [1.82, 2.24) is 5.32 Å². The molecule has 0 spiro atoms. The van der Waals surface area contributed by atoms with Crippen molar-refractivity contribution in [2.24, 2.45) is 47.3 Å². The topological polar surface area (TPSA) is 12.0 Å². The second kappa shape index (κ2) is 2.30. The van der Waals surface area contributed by atoms with E-state index in [9.17, 15) is 0 Å². The van der Waals surface area contributed by atoms with Gasteiger partial charge >= 0.3 is 0 Å². The summed E-state index contributed by atoms with van der Waals surface area (Å²) in [5.74, 6) is 9.46. The summed E-state index contributed by atoms with van der Waals surface area (Å²) in [5.41, 5.74) is 0. The van der Waals surface area contributed by atoms with Crippen molar-refractivity contribution in [3.63, 3.8) is 0 Å². The predicted octanol–water partition coefficient (Wildman–Crippen LogP) is 2.13. The molecule has 6 aliphatic rings. The van der Waals surface area contributed by atoms with Gasteiger partial charge in [0.15, 0.2) is 0 Å². The Morgan fingerprint density at radius 3 is 2.00 bits per heavy atom. The maximum atomic E-state index is 3.91. The third kappa shape index (κ3) is 0.638. The molecule has 1 nitrogen and oxygen atoms in total. The van der Waals surface area contributed by atoms with Crippen molar-refractivity contribution >= 4 is 0 Å². The maximum Gasteiger partial charge on any atom is 0.0135 e. The zero-order valence-corrected chi connectivity index (χ0v) is 9.52. The fourth-order valence-electron chi connectivity index (χ4n) is 7.20. The minimum atomic E-state index is 0.965. The minimum absolute atomic E-state index is 0.965. The lowest BCUT2D eigenvalue weighted by Gasteiger charge is -2.33. The largest absolute Gasteiger partial charge is 0.313 e. The van der Waals surface area contributed by atoms with Gasteiger partial charge in [0.05, 0.1) is 0 Å². The number of hydrogen-bond acceptors (Lipinski definition) is 1. The Balaban J connectivity index is 1.55. The van der Waals surface area contributed by atoms with Crippen molar-refractivity contribution in [3.05, 3.63) is 0 Å². The Morgan fingerprint density at radius 1 is 0.867 bits per heavy atom. The molecule has 6 fully saturated rings. The average molecular weight is 203 g/mol. The molecule has 82 valence electrons. The van der Waals surface area contributed by atoms with Gasteiger partial charge in [0.2, 0.25) is 0 Å². The molecule has 0 aromatic carbocycles. The van der Waals surface area contributed by atoms with E-state index in [4.69, 9.17) is 0 Å². The molecule has 1 unspecified atom stereocenters. The normalized spacial score (nSPS) is 70.6. The van der Waals surface area contributed by atoms with Crippen LogP contribution in [0.2, 0.25) is 0 Å². The van der Waals surface area contributed by atoms with Crippen LogP contribution in [0.3, 0.4) is 0 Å². The zero-order valence-electron chi connectivity index (χ0n) is 9.52. The van der Waals surface area contributed by atoms with Crippen LogP contribution in [0.5, 0.6) is 0 Å². The molecule has 6 aliphatic carbocycles. The summed E-state index contributed by atoms with van der Waals surface area (Å²) >= 11 is 0. The van der Waals surface area contributed by atoms with Gasteiger partial charge in [-0.1, -0.05) is 6.92 Å². The van der Waals surface area contributed by atoms with Crippen LogP contribution in [-0.4, -0.2) is 12.6 Å². The van der Waals surface area contributed by atoms with E-state index < -0.39 is 0 Å². The highest BCUT2D eigenvalue weighted by atomic mass is 15.0. The molecular weight excluding hydrogens is 182 g/mol. The van der Waals surface area contributed by atoms with Gasteiger partial charge in [-0.05, 0) is 73.2 Å². The molecule has 1 N–H and O–H groups in total. The third-order valence-corrected chi connectivity index (χ3v) is 6.95. The predicted molar refractivity (Wildman–Crippen MR) is 59.2 cm³/mol. The molecule has 0 saturated heterocycles. The van der Waals surface area contributed by atoms with Crippen LogP contribution in [0.25, 0.3) is 0 Å². The second-order valence-corrected chi connectivity index (χ2v) is 6.92. The van der Waals surface area contributed by atoms with Crippen LogP contribution >= 0.6 is 0 Å². The lowest BCUT2D eigenvalue weighted by molar-refractivity contribution is 0.132. The Labute approximate surface area is 92.0 Å². The summed E-state index contributed by atoms with van der Waals surface area (Å²) in [4.78, 5) is 0. The minimum Gasteiger partial charge on any atom is -0.313 e. The highest BCUT2D eigenvalue weighted by Crippen LogP contribution is 2.82. The SMILES string of the molecule is CCCNC1[C@H]2[C@H]3C[C@@H]4[C@@H]5C[C@H]([C@H]1[C@@H]35)[C@@H]42. The van der Waals surface area contributed by atoms with Gasteiger partial charge in [-0.2, -0.15) is 0 Å². The van der Waals surface area contributed by atoms with Gasteiger partial charge in [-0.25, -0.2) is 0 Å². The maximum absolute atomic E-state index is 3.91. The van der Waals surface area contributed by atoms with E-state index >= 15 is 0 Å². The molecule has 0 aromatic rings. The first-order valence-electron chi connectivity index (χ1n) is 7.15. The van der Waals surface area contributed by atoms with Crippen molar-refractivity contribution in [1.29, 1.82) is 0 Å². The van der Waals surface area contributed by atoms with E-state index in [-0.39, 0.29) is 0 Å². The van der Waals surface area contributed by atoms with E-state index in [0.717, 1.165) is 17.9 Å². The molecular formula is C14H21N. The highest BCUT2D eigenvalue weighted by molar-refractivity contribution is 5.29. The van der Waals surface area contributed by atoms with Gasteiger partial charge < -0.3 is 5.32 Å². The second-order valence-electron chi connectivity index (χ2n) is 6.92. The van der Waals surface area contributed by atoms with Crippen LogP contribution in [0.1, 0.15) is 26.2 Å². The third-order valence-electron chi connectivity index (χ3n) is 6.95. The van der Waals surface area contributed by atoms with Crippen LogP contribution in [0, 0.1) is 47.3 Å². The Bertz CT molecular complexity index is 297. The first-order valence-corrected chi connectivity index (χ1v) is 7.15. The van der Waals surface area contributed by atoms with E-state index in [1.54, 1.807) is 12.8 Å². The van der Waals surface area contributed by atoms with Gasteiger partial charge in [0.1, 0.15) is 0 Å². The molecule has 0 amide bonds. The molecule has 6 saturated carbocycles. The number of hydrogen-bond donors (Lipinski definition) is 1.